The van der Waals surface area contributed by atoms with Crippen LogP contribution in [0.1, 0.15) is 31.1 Å². The lowest BCUT2D eigenvalue weighted by molar-refractivity contribution is 0.0602. The van der Waals surface area contributed by atoms with Crippen LogP contribution >= 0.6 is 0 Å². The fourth-order valence-electron chi connectivity index (χ4n) is 1.94. The van der Waals surface area contributed by atoms with E-state index in [0.29, 0.717) is 24.7 Å². The predicted octanol–water partition coefficient (Wildman–Crippen LogP) is 2.68. The molecule has 0 aliphatic rings. The van der Waals surface area contributed by atoms with Gasteiger partial charge in [-0.3, -0.25) is 0 Å². The van der Waals surface area contributed by atoms with Crippen molar-refractivity contribution in [3.05, 3.63) is 23.5 Å². The van der Waals surface area contributed by atoms with Crippen molar-refractivity contribution in [1.29, 1.82) is 0 Å². The average Bonchev–Trinajstić information content (AvgIpc) is 2.35. The van der Waals surface area contributed by atoms with Crippen molar-refractivity contribution in [2.24, 2.45) is 5.92 Å². The van der Waals surface area contributed by atoms with Gasteiger partial charge in [-0.2, -0.15) is 0 Å². The van der Waals surface area contributed by atoms with Crippen LogP contribution in [0.4, 0.5) is 15.8 Å². The highest BCUT2D eigenvalue weighted by Crippen LogP contribution is 2.26. The molecule has 2 N–H and O–H groups in total. The fourth-order valence-corrected chi connectivity index (χ4v) is 1.94. The Bertz CT molecular complexity index is 461. The Morgan fingerprint density at radius 3 is 2.58 bits per heavy atom. The molecule has 5 heteroatoms. The standard InChI is InChI=1S/C14H21FN2O2/c1-5-17(8-9(2)3)13-6-10(14(18)19-4)12(16)7-11(13)15/h6-7,9H,5,8,16H2,1-4H3. The molecule has 106 valence electrons. The van der Waals surface area contributed by atoms with E-state index in [0.717, 1.165) is 0 Å². The van der Waals surface area contributed by atoms with Gasteiger partial charge in [0.05, 0.1) is 18.4 Å². The highest BCUT2D eigenvalue weighted by molar-refractivity contribution is 5.96. The number of nitrogens with zero attached hydrogens (tertiary/aromatic N) is 1. The molecule has 0 saturated heterocycles. The van der Waals surface area contributed by atoms with Gasteiger partial charge in [0.1, 0.15) is 5.82 Å². The summed E-state index contributed by atoms with van der Waals surface area (Å²) in [6.07, 6.45) is 0. The number of halogens is 1. The first-order valence-electron chi connectivity index (χ1n) is 6.32. The van der Waals surface area contributed by atoms with Crippen LogP contribution in [-0.4, -0.2) is 26.2 Å². The normalized spacial score (nSPS) is 10.6. The van der Waals surface area contributed by atoms with Gasteiger partial charge >= 0.3 is 5.97 Å². The van der Waals surface area contributed by atoms with E-state index in [4.69, 9.17) is 5.73 Å². The number of carbonyl (C=O) groups is 1. The minimum Gasteiger partial charge on any atom is -0.465 e. The molecule has 0 spiro atoms. The number of ether oxygens (including phenoxy) is 1. The summed E-state index contributed by atoms with van der Waals surface area (Å²) in [6, 6.07) is 2.63. The second kappa shape index (κ2) is 6.41. The number of rotatable bonds is 5. The van der Waals surface area contributed by atoms with Crippen LogP contribution in [0.15, 0.2) is 12.1 Å². The molecule has 19 heavy (non-hydrogen) atoms. The van der Waals surface area contributed by atoms with E-state index in [9.17, 15) is 9.18 Å². The molecular weight excluding hydrogens is 247 g/mol. The third-order valence-corrected chi connectivity index (χ3v) is 2.83. The van der Waals surface area contributed by atoms with Gasteiger partial charge < -0.3 is 15.4 Å². The van der Waals surface area contributed by atoms with Crippen molar-refractivity contribution < 1.29 is 13.9 Å². The summed E-state index contributed by atoms with van der Waals surface area (Å²) in [6.45, 7) is 7.41. The number of hydrogen-bond donors (Lipinski definition) is 1. The summed E-state index contributed by atoms with van der Waals surface area (Å²) in [7, 11) is 1.27. The van der Waals surface area contributed by atoms with E-state index < -0.39 is 11.8 Å². The lowest BCUT2D eigenvalue weighted by Gasteiger charge is -2.26. The molecule has 0 aromatic heterocycles. The van der Waals surface area contributed by atoms with Crippen molar-refractivity contribution >= 4 is 17.3 Å². The van der Waals surface area contributed by atoms with Crippen LogP contribution < -0.4 is 10.6 Å². The van der Waals surface area contributed by atoms with Gasteiger partial charge in [0, 0.05) is 18.8 Å². The van der Waals surface area contributed by atoms with E-state index in [2.05, 4.69) is 18.6 Å². The topological polar surface area (TPSA) is 55.6 Å². The lowest BCUT2D eigenvalue weighted by atomic mass is 10.1. The number of carbonyl (C=O) groups excluding carboxylic acids is 1. The lowest BCUT2D eigenvalue weighted by Crippen LogP contribution is -2.28. The fraction of sp³-hybridized carbons (Fsp3) is 0.500. The molecule has 0 bridgehead atoms. The van der Waals surface area contributed by atoms with E-state index in [-0.39, 0.29) is 11.3 Å². The molecule has 1 aromatic carbocycles. The Labute approximate surface area is 113 Å². The van der Waals surface area contributed by atoms with Crippen molar-refractivity contribution in [3.63, 3.8) is 0 Å². The molecule has 0 unspecified atom stereocenters. The van der Waals surface area contributed by atoms with E-state index in [1.807, 2.05) is 11.8 Å². The predicted molar refractivity (Wildman–Crippen MR) is 74.9 cm³/mol. The molecule has 0 fully saturated rings. The van der Waals surface area contributed by atoms with Gasteiger partial charge in [-0.1, -0.05) is 13.8 Å². The maximum Gasteiger partial charge on any atom is 0.340 e. The Hall–Kier alpha value is -1.78. The summed E-state index contributed by atoms with van der Waals surface area (Å²) in [5.41, 5.74) is 6.32. The first kappa shape index (κ1) is 15.3. The molecule has 0 saturated carbocycles. The quantitative estimate of drug-likeness (QED) is 0.659. The molecule has 0 heterocycles. The van der Waals surface area contributed by atoms with Gasteiger partial charge in [-0.05, 0) is 25.0 Å². The van der Waals surface area contributed by atoms with Crippen LogP contribution in [0, 0.1) is 11.7 Å². The monoisotopic (exact) mass is 268 g/mol. The zero-order valence-electron chi connectivity index (χ0n) is 11.9. The Morgan fingerprint density at radius 2 is 2.11 bits per heavy atom. The molecule has 0 amide bonds. The largest absolute Gasteiger partial charge is 0.465 e. The summed E-state index contributed by atoms with van der Waals surface area (Å²) >= 11 is 0. The number of benzene rings is 1. The number of nitrogens with two attached hydrogens (primary N) is 1. The molecule has 0 atom stereocenters. The van der Waals surface area contributed by atoms with Crippen LogP contribution in [0.3, 0.4) is 0 Å². The Morgan fingerprint density at radius 1 is 1.47 bits per heavy atom. The van der Waals surface area contributed by atoms with E-state index >= 15 is 0 Å². The third-order valence-electron chi connectivity index (χ3n) is 2.83. The Balaban J connectivity index is 3.22. The number of esters is 1. The number of nitrogen functional groups attached to an aromatic ring is 1. The van der Waals surface area contributed by atoms with Crippen LogP contribution in [0.5, 0.6) is 0 Å². The SMILES string of the molecule is CCN(CC(C)C)c1cc(C(=O)OC)c(N)cc1F. The van der Waals surface area contributed by atoms with Crippen molar-refractivity contribution in [1.82, 2.24) is 0 Å². The molecule has 1 aromatic rings. The minimum absolute atomic E-state index is 0.0914. The Kier molecular flexibility index (Phi) is 5.15. The van der Waals surface area contributed by atoms with Gasteiger partial charge in [-0.25, -0.2) is 9.18 Å². The highest BCUT2D eigenvalue weighted by atomic mass is 19.1. The average molecular weight is 268 g/mol. The van der Waals surface area contributed by atoms with E-state index in [1.165, 1.54) is 19.2 Å². The first-order chi connectivity index (χ1) is 8.90. The molecule has 0 aliphatic heterocycles. The second-order valence-electron chi connectivity index (χ2n) is 4.81. The molecule has 0 radical (unpaired) electrons. The molecule has 1 rings (SSSR count). The van der Waals surface area contributed by atoms with Crippen molar-refractivity contribution in [2.45, 2.75) is 20.8 Å². The number of hydrogen-bond acceptors (Lipinski definition) is 4. The van der Waals surface area contributed by atoms with E-state index in [1.54, 1.807) is 0 Å². The smallest absolute Gasteiger partial charge is 0.340 e. The first-order valence-corrected chi connectivity index (χ1v) is 6.32. The maximum atomic E-state index is 14.0. The van der Waals surface area contributed by atoms with Crippen molar-refractivity contribution in [2.75, 3.05) is 30.8 Å². The molecule has 0 aliphatic carbocycles. The van der Waals surface area contributed by atoms with Crippen molar-refractivity contribution in [3.8, 4) is 0 Å². The number of methoxy groups -OCH3 is 1. The number of anilines is 2. The van der Waals surface area contributed by atoms with Crippen LogP contribution in [0.25, 0.3) is 0 Å². The summed E-state index contributed by atoms with van der Waals surface area (Å²) in [5, 5.41) is 0. The van der Waals surface area contributed by atoms with Crippen LogP contribution in [-0.2, 0) is 4.74 Å². The van der Waals surface area contributed by atoms with Gasteiger partial charge in [-0.15, -0.1) is 0 Å². The minimum atomic E-state index is -0.556. The molecular formula is C14H21FN2O2. The zero-order chi connectivity index (χ0) is 14.6. The van der Waals surface area contributed by atoms with Gasteiger partial charge in [0.15, 0.2) is 0 Å². The van der Waals surface area contributed by atoms with Crippen LogP contribution in [0.2, 0.25) is 0 Å². The van der Waals surface area contributed by atoms with Gasteiger partial charge in [0.2, 0.25) is 0 Å². The summed E-state index contributed by atoms with van der Waals surface area (Å²) < 4.78 is 18.7. The summed E-state index contributed by atoms with van der Waals surface area (Å²) in [5.74, 6) is -0.592. The van der Waals surface area contributed by atoms with Gasteiger partial charge in [0.25, 0.3) is 0 Å². The molecule has 4 nitrogen and oxygen atoms in total. The summed E-state index contributed by atoms with van der Waals surface area (Å²) in [4.78, 5) is 13.5. The maximum absolute atomic E-state index is 14.0. The zero-order valence-corrected chi connectivity index (χ0v) is 11.9. The highest BCUT2D eigenvalue weighted by Gasteiger charge is 2.18. The second-order valence-corrected chi connectivity index (χ2v) is 4.81. The third kappa shape index (κ3) is 3.59.